The fraction of sp³-hybridized carbons (Fsp3) is 0. The van der Waals surface area contributed by atoms with Crippen molar-refractivity contribution in [1.29, 1.82) is 0 Å². The number of rotatable bonds is 5. The van der Waals surface area contributed by atoms with Crippen molar-refractivity contribution in [2.24, 2.45) is 5.10 Å². The molecule has 9 nitrogen and oxygen atoms in total. The van der Waals surface area contributed by atoms with Crippen LogP contribution in [0.4, 0.5) is 5.69 Å². The van der Waals surface area contributed by atoms with Gasteiger partial charge >= 0.3 is 0 Å². The van der Waals surface area contributed by atoms with Gasteiger partial charge in [0.15, 0.2) is 0 Å². The summed E-state index contributed by atoms with van der Waals surface area (Å²) in [4.78, 5) is 31.1. The van der Waals surface area contributed by atoms with Crippen molar-refractivity contribution in [1.82, 2.24) is 15.4 Å². The Balaban J connectivity index is 1.51. The van der Waals surface area contributed by atoms with Crippen LogP contribution in [0.25, 0.3) is 33.1 Å². The first kappa shape index (κ1) is 20.8. The average molecular weight is 451 g/mol. The normalized spacial score (nSPS) is 11.3. The average Bonchev–Trinajstić information content (AvgIpc) is 3.23. The molecule has 1 amide bonds. The van der Waals surface area contributed by atoms with Gasteiger partial charge in [0, 0.05) is 34.0 Å². The Kier molecular flexibility index (Phi) is 5.19. The number of aromatic hydroxyl groups is 1. The second kappa shape index (κ2) is 8.47. The van der Waals surface area contributed by atoms with Gasteiger partial charge in [0.1, 0.15) is 11.4 Å². The molecule has 0 unspecified atom stereocenters. The number of hydrazone groups is 1. The molecule has 0 saturated heterocycles. The van der Waals surface area contributed by atoms with Crippen molar-refractivity contribution in [3.05, 3.63) is 100 Å². The topological polar surface area (TPSA) is 134 Å². The maximum atomic E-state index is 12.9. The van der Waals surface area contributed by atoms with Crippen molar-refractivity contribution in [3.8, 4) is 17.0 Å². The van der Waals surface area contributed by atoms with E-state index in [1.54, 1.807) is 30.3 Å². The number of H-pyrrole nitrogens is 1. The van der Waals surface area contributed by atoms with Crippen LogP contribution in [0.5, 0.6) is 5.75 Å². The Morgan fingerprint density at radius 2 is 1.76 bits per heavy atom. The molecule has 0 aliphatic heterocycles. The second-order valence-corrected chi connectivity index (χ2v) is 7.54. The first-order valence-electron chi connectivity index (χ1n) is 10.3. The van der Waals surface area contributed by atoms with Gasteiger partial charge in [-0.05, 0) is 54.1 Å². The number of phenols is 1. The van der Waals surface area contributed by atoms with Crippen LogP contribution in [0.3, 0.4) is 0 Å². The molecule has 34 heavy (non-hydrogen) atoms. The van der Waals surface area contributed by atoms with Crippen molar-refractivity contribution >= 4 is 39.6 Å². The minimum atomic E-state index is -0.509. The molecular formula is C25H17N5O4. The van der Waals surface area contributed by atoms with Gasteiger partial charge in [0.2, 0.25) is 0 Å². The fourth-order valence-electron chi connectivity index (χ4n) is 3.70. The number of carbonyl (C=O) groups excluding carboxylic acids is 1. The van der Waals surface area contributed by atoms with Crippen molar-refractivity contribution in [2.45, 2.75) is 0 Å². The quantitative estimate of drug-likeness (QED) is 0.201. The third-order valence-corrected chi connectivity index (χ3v) is 5.35. The van der Waals surface area contributed by atoms with Crippen molar-refractivity contribution < 1.29 is 14.8 Å². The molecule has 0 saturated carbocycles. The van der Waals surface area contributed by atoms with E-state index in [-0.39, 0.29) is 17.1 Å². The van der Waals surface area contributed by atoms with Gasteiger partial charge in [0.25, 0.3) is 11.6 Å². The molecule has 9 heteroatoms. The molecule has 3 N–H and O–H groups in total. The zero-order valence-corrected chi connectivity index (χ0v) is 17.6. The molecule has 0 aliphatic rings. The Morgan fingerprint density at radius 1 is 1.03 bits per heavy atom. The number of fused-ring (bicyclic) bond motifs is 3. The molecule has 2 aromatic heterocycles. The van der Waals surface area contributed by atoms with Gasteiger partial charge in [0.05, 0.1) is 22.3 Å². The predicted molar refractivity (Wildman–Crippen MR) is 129 cm³/mol. The lowest BCUT2D eigenvalue weighted by Gasteiger charge is -2.07. The Morgan fingerprint density at radius 3 is 2.50 bits per heavy atom. The molecule has 5 rings (SSSR count). The summed E-state index contributed by atoms with van der Waals surface area (Å²) in [6.07, 6.45) is 1.40. The summed E-state index contributed by atoms with van der Waals surface area (Å²) in [5, 5.41) is 26.2. The van der Waals surface area contributed by atoms with Gasteiger partial charge in [-0.25, -0.2) is 10.4 Å². The third kappa shape index (κ3) is 3.93. The molecule has 0 bridgehead atoms. The van der Waals surface area contributed by atoms with E-state index >= 15 is 0 Å². The summed E-state index contributed by atoms with van der Waals surface area (Å²) in [6.45, 7) is 0. The fourth-order valence-corrected chi connectivity index (χ4v) is 3.70. The number of nitro groups is 1. The molecule has 0 aliphatic carbocycles. The van der Waals surface area contributed by atoms with Crippen LogP contribution >= 0.6 is 0 Å². The van der Waals surface area contributed by atoms with Gasteiger partial charge in [-0.2, -0.15) is 5.10 Å². The maximum absolute atomic E-state index is 12.9. The van der Waals surface area contributed by atoms with Gasteiger partial charge in [-0.15, -0.1) is 0 Å². The number of pyridine rings is 1. The zero-order valence-electron chi connectivity index (χ0n) is 17.6. The van der Waals surface area contributed by atoms with Crippen LogP contribution in [-0.4, -0.2) is 32.1 Å². The van der Waals surface area contributed by atoms with Crippen LogP contribution in [0, 0.1) is 10.1 Å². The summed E-state index contributed by atoms with van der Waals surface area (Å²) in [5.41, 5.74) is 6.18. The van der Waals surface area contributed by atoms with Crippen molar-refractivity contribution in [3.63, 3.8) is 0 Å². The van der Waals surface area contributed by atoms with Crippen LogP contribution in [0.1, 0.15) is 16.1 Å². The summed E-state index contributed by atoms with van der Waals surface area (Å²) < 4.78 is 0. The highest BCUT2D eigenvalue weighted by atomic mass is 16.6. The number of nitrogens with zero attached hydrogens (tertiary/aromatic N) is 3. The van der Waals surface area contributed by atoms with E-state index in [0.717, 1.165) is 27.4 Å². The molecule has 0 atom stereocenters. The number of benzene rings is 3. The van der Waals surface area contributed by atoms with Crippen LogP contribution in [0.15, 0.2) is 84.0 Å². The molecular weight excluding hydrogens is 434 g/mol. The van der Waals surface area contributed by atoms with E-state index in [9.17, 15) is 20.0 Å². The largest absolute Gasteiger partial charge is 0.508 e. The highest BCUT2D eigenvalue weighted by Crippen LogP contribution is 2.33. The second-order valence-electron chi connectivity index (χ2n) is 7.54. The number of amides is 1. The molecule has 0 fully saturated rings. The number of para-hydroxylation sites is 1. The van der Waals surface area contributed by atoms with Crippen LogP contribution in [-0.2, 0) is 0 Å². The summed E-state index contributed by atoms with van der Waals surface area (Å²) in [5.74, 6) is -0.378. The minimum absolute atomic E-state index is 0.0285. The number of nitrogens with one attached hydrogen (secondary N) is 2. The Hall–Kier alpha value is -5.05. The minimum Gasteiger partial charge on any atom is -0.508 e. The molecule has 166 valence electrons. The van der Waals surface area contributed by atoms with E-state index < -0.39 is 10.8 Å². The highest BCUT2D eigenvalue weighted by Gasteiger charge is 2.17. The SMILES string of the molecule is O=C(N/N=C/c1ccc([N+](=O)[O-])cc1)c1cc2c([nH]c3ccccc32)c(-c2ccc(O)cc2)n1. The van der Waals surface area contributed by atoms with E-state index in [4.69, 9.17) is 0 Å². The summed E-state index contributed by atoms with van der Waals surface area (Å²) >= 11 is 0. The summed E-state index contributed by atoms with van der Waals surface area (Å²) in [7, 11) is 0. The first-order valence-corrected chi connectivity index (χ1v) is 10.3. The standard InChI is InChI=1S/C25H17N5O4/c31-18-11-7-16(8-12-18)23-24-20(19-3-1-2-4-21(19)27-24)13-22(28-23)25(32)29-26-14-15-5-9-17(10-6-15)30(33)34/h1-14,27,31H,(H,29,32)/b26-14+. The maximum Gasteiger partial charge on any atom is 0.289 e. The van der Waals surface area contributed by atoms with E-state index in [0.29, 0.717) is 11.3 Å². The summed E-state index contributed by atoms with van der Waals surface area (Å²) in [6, 6.07) is 21.8. The van der Waals surface area contributed by atoms with Crippen LogP contribution in [0.2, 0.25) is 0 Å². The smallest absolute Gasteiger partial charge is 0.289 e. The number of hydrogen-bond acceptors (Lipinski definition) is 6. The third-order valence-electron chi connectivity index (χ3n) is 5.35. The van der Waals surface area contributed by atoms with Crippen LogP contribution < -0.4 is 5.43 Å². The van der Waals surface area contributed by atoms with Gasteiger partial charge in [-0.3, -0.25) is 14.9 Å². The van der Waals surface area contributed by atoms with E-state index in [1.165, 1.54) is 30.5 Å². The lowest BCUT2D eigenvalue weighted by Crippen LogP contribution is -2.19. The Bertz CT molecular complexity index is 1570. The van der Waals surface area contributed by atoms with Gasteiger partial charge in [-0.1, -0.05) is 18.2 Å². The molecule has 2 heterocycles. The lowest BCUT2D eigenvalue weighted by atomic mass is 10.1. The first-order chi connectivity index (χ1) is 16.5. The zero-order chi connectivity index (χ0) is 23.7. The molecule has 5 aromatic rings. The molecule has 3 aromatic carbocycles. The number of hydrogen-bond donors (Lipinski definition) is 3. The number of non-ortho nitro benzene ring substituents is 1. The monoisotopic (exact) mass is 451 g/mol. The molecule has 0 radical (unpaired) electrons. The number of nitro benzene ring substituents is 1. The Labute approximate surface area is 192 Å². The van der Waals surface area contributed by atoms with Crippen molar-refractivity contribution in [2.75, 3.05) is 0 Å². The van der Waals surface area contributed by atoms with Gasteiger partial charge < -0.3 is 10.1 Å². The lowest BCUT2D eigenvalue weighted by molar-refractivity contribution is -0.384. The highest BCUT2D eigenvalue weighted by molar-refractivity contribution is 6.13. The predicted octanol–water partition coefficient (Wildman–Crippen LogP) is 4.76. The number of aromatic nitrogens is 2. The van der Waals surface area contributed by atoms with E-state index in [1.807, 2.05) is 24.3 Å². The number of carbonyl (C=O) groups is 1. The number of aromatic amines is 1. The number of phenolic OH excluding ortho intramolecular Hbond substituents is 1. The molecule has 0 spiro atoms. The van der Waals surface area contributed by atoms with E-state index in [2.05, 4.69) is 20.5 Å².